The number of aromatic hydroxyl groups is 1. The number of phenols is 1. The van der Waals surface area contributed by atoms with Crippen LogP contribution < -0.4 is 11.1 Å². The van der Waals surface area contributed by atoms with E-state index in [1.807, 2.05) is 12.3 Å². The van der Waals surface area contributed by atoms with Gasteiger partial charge in [0, 0.05) is 29.2 Å². The molecule has 0 aliphatic heterocycles. The Hall–Kier alpha value is -3.61. The van der Waals surface area contributed by atoms with Crippen LogP contribution in [0.25, 0.3) is 22.2 Å². The van der Waals surface area contributed by atoms with E-state index in [1.165, 1.54) is 0 Å². The van der Waals surface area contributed by atoms with Crippen molar-refractivity contribution in [1.29, 1.82) is 0 Å². The van der Waals surface area contributed by atoms with Gasteiger partial charge in [0.05, 0.1) is 29.2 Å². The lowest BCUT2D eigenvalue weighted by molar-refractivity contribution is 0.475. The monoisotopic (exact) mass is 318 g/mol. The van der Waals surface area contributed by atoms with Gasteiger partial charge in [0.1, 0.15) is 5.75 Å². The van der Waals surface area contributed by atoms with Gasteiger partial charge in [-0.25, -0.2) is 0 Å². The van der Waals surface area contributed by atoms with Crippen molar-refractivity contribution in [2.45, 2.75) is 0 Å². The molecule has 4 aromatic rings. The largest absolute Gasteiger partial charge is 0.508 e. The van der Waals surface area contributed by atoms with E-state index < -0.39 is 0 Å². The van der Waals surface area contributed by atoms with Gasteiger partial charge in [-0.2, -0.15) is 5.10 Å². The van der Waals surface area contributed by atoms with Crippen molar-refractivity contribution in [1.82, 2.24) is 20.2 Å². The predicted octanol–water partition coefficient (Wildman–Crippen LogP) is 3.05. The zero-order chi connectivity index (χ0) is 16.5. The lowest BCUT2D eigenvalue weighted by Gasteiger charge is -2.09. The van der Waals surface area contributed by atoms with Gasteiger partial charge in [0.25, 0.3) is 0 Å². The molecule has 0 unspecified atom stereocenters. The van der Waals surface area contributed by atoms with Crippen LogP contribution in [0.1, 0.15) is 0 Å². The Morgan fingerprint density at radius 2 is 1.88 bits per heavy atom. The number of phenolic OH excluding ortho intramolecular Hbond substituents is 1. The molecule has 0 saturated carbocycles. The van der Waals surface area contributed by atoms with Gasteiger partial charge in [0.15, 0.2) is 5.65 Å². The second-order valence-corrected chi connectivity index (χ2v) is 5.32. The second-order valence-electron chi connectivity index (χ2n) is 5.32. The first-order chi connectivity index (χ1) is 11.7. The van der Waals surface area contributed by atoms with Gasteiger partial charge in [-0.1, -0.05) is 0 Å². The topological polar surface area (TPSA) is 113 Å². The lowest BCUT2D eigenvalue weighted by atomic mass is 10.0. The number of aromatic nitrogens is 4. The number of nitrogen functional groups attached to an aromatic ring is 1. The van der Waals surface area contributed by atoms with E-state index in [0.717, 1.165) is 27.9 Å². The molecular weight excluding hydrogens is 304 g/mol. The van der Waals surface area contributed by atoms with E-state index in [2.05, 4.69) is 25.5 Å². The van der Waals surface area contributed by atoms with Crippen molar-refractivity contribution in [3.63, 3.8) is 0 Å². The van der Waals surface area contributed by atoms with Gasteiger partial charge in [-0.05, 0) is 30.3 Å². The molecule has 7 heteroatoms. The summed E-state index contributed by atoms with van der Waals surface area (Å²) < 4.78 is 0. The molecule has 118 valence electrons. The van der Waals surface area contributed by atoms with Crippen molar-refractivity contribution in [2.75, 3.05) is 11.1 Å². The first kappa shape index (κ1) is 14.0. The van der Waals surface area contributed by atoms with Crippen LogP contribution in [0.3, 0.4) is 0 Å². The minimum absolute atomic E-state index is 0.218. The van der Waals surface area contributed by atoms with Gasteiger partial charge < -0.3 is 21.1 Å². The molecule has 5 N–H and O–H groups in total. The minimum atomic E-state index is 0.218. The zero-order valence-corrected chi connectivity index (χ0v) is 12.6. The molecule has 0 fully saturated rings. The van der Waals surface area contributed by atoms with Crippen LogP contribution in [0.5, 0.6) is 5.75 Å². The summed E-state index contributed by atoms with van der Waals surface area (Å²) in [7, 11) is 0. The van der Waals surface area contributed by atoms with Crippen LogP contribution in [-0.2, 0) is 0 Å². The van der Waals surface area contributed by atoms with E-state index in [1.54, 1.807) is 42.9 Å². The number of fused-ring (bicyclic) bond motifs is 1. The molecule has 3 heterocycles. The number of nitrogens with zero attached hydrogens (tertiary/aromatic N) is 3. The third kappa shape index (κ3) is 2.38. The van der Waals surface area contributed by atoms with Gasteiger partial charge in [0.2, 0.25) is 0 Å². The minimum Gasteiger partial charge on any atom is -0.508 e. The van der Waals surface area contributed by atoms with E-state index in [4.69, 9.17) is 5.73 Å². The molecule has 0 radical (unpaired) electrons. The normalized spacial score (nSPS) is 10.8. The van der Waals surface area contributed by atoms with Crippen LogP contribution in [0.2, 0.25) is 0 Å². The Bertz CT molecular complexity index is 1010. The Morgan fingerprint density at radius 1 is 1.04 bits per heavy atom. The Kier molecular flexibility index (Phi) is 3.24. The van der Waals surface area contributed by atoms with Crippen molar-refractivity contribution in [3.8, 4) is 16.9 Å². The van der Waals surface area contributed by atoms with Crippen LogP contribution in [0.15, 0.2) is 55.1 Å². The number of nitrogens with one attached hydrogen (secondary N) is 2. The molecule has 24 heavy (non-hydrogen) atoms. The van der Waals surface area contributed by atoms with Crippen LogP contribution in [0.4, 0.5) is 17.1 Å². The standard InChI is InChI=1S/C17H14N6O/c18-14-8-19-6-5-12(14)13-7-21-23-17-16(13)15(9-20-17)22-10-1-3-11(24)4-2-10/h1-9,22,24H,18H2,(H,20,23). The molecule has 0 spiro atoms. The molecule has 0 atom stereocenters. The molecule has 4 rings (SSSR count). The lowest BCUT2D eigenvalue weighted by Crippen LogP contribution is -1.95. The molecule has 0 amide bonds. The highest BCUT2D eigenvalue weighted by Crippen LogP contribution is 2.35. The number of nitrogens with two attached hydrogens (primary N) is 1. The average Bonchev–Trinajstić information content (AvgIpc) is 3.01. The highest BCUT2D eigenvalue weighted by molar-refractivity contribution is 6.04. The fourth-order valence-electron chi connectivity index (χ4n) is 2.63. The molecule has 0 aliphatic carbocycles. The highest BCUT2D eigenvalue weighted by atomic mass is 16.3. The predicted molar refractivity (Wildman–Crippen MR) is 92.9 cm³/mol. The SMILES string of the molecule is Nc1cnccc1-c1cnnc2[nH]cc(Nc3ccc(O)cc3)c12. The smallest absolute Gasteiger partial charge is 0.162 e. The van der Waals surface area contributed by atoms with Crippen molar-refractivity contribution in [2.24, 2.45) is 0 Å². The third-order valence-electron chi connectivity index (χ3n) is 3.76. The summed E-state index contributed by atoms with van der Waals surface area (Å²) in [5, 5.41) is 21.8. The van der Waals surface area contributed by atoms with E-state index in [-0.39, 0.29) is 5.75 Å². The van der Waals surface area contributed by atoms with E-state index in [0.29, 0.717) is 11.3 Å². The molecule has 0 aliphatic rings. The van der Waals surface area contributed by atoms with Gasteiger partial charge in [-0.3, -0.25) is 4.98 Å². The Balaban J connectivity index is 1.86. The summed E-state index contributed by atoms with van der Waals surface area (Å²) in [6.07, 6.45) is 6.82. The molecule has 0 saturated heterocycles. The summed E-state index contributed by atoms with van der Waals surface area (Å²) in [4.78, 5) is 7.14. The number of H-pyrrole nitrogens is 1. The maximum absolute atomic E-state index is 9.41. The molecule has 3 aromatic heterocycles. The molecule has 7 nitrogen and oxygen atoms in total. The summed E-state index contributed by atoms with van der Waals surface area (Å²) in [6.45, 7) is 0. The van der Waals surface area contributed by atoms with Crippen LogP contribution in [0, 0.1) is 0 Å². The number of benzene rings is 1. The number of pyridine rings is 1. The number of anilines is 3. The van der Waals surface area contributed by atoms with Crippen molar-refractivity contribution >= 4 is 28.1 Å². The van der Waals surface area contributed by atoms with E-state index in [9.17, 15) is 5.11 Å². The maximum Gasteiger partial charge on any atom is 0.162 e. The van der Waals surface area contributed by atoms with Gasteiger partial charge in [-0.15, -0.1) is 5.10 Å². The summed E-state index contributed by atoms with van der Waals surface area (Å²) in [5.41, 5.74) is 10.7. The first-order valence-corrected chi connectivity index (χ1v) is 7.31. The van der Waals surface area contributed by atoms with E-state index >= 15 is 0 Å². The van der Waals surface area contributed by atoms with Crippen molar-refractivity contribution in [3.05, 3.63) is 55.1 Å². The quantitative estimate of drug-likeness (QED) is 0.432. The summed E-state index contributed by atoms with van der Waals surface area (Å²) in [5.74, 6) is 0.218. The number of rotatable bonds is 3. The summed E-state index contributed by atoms with van der Waals surface area (Å²) in [6, 6.07) is 8.69. The summed E-state index contributed by atoms with van der Waals surface area (Å²) >= 11 is 0. The average molecular weight is 318 g/mol. The zero-order valence-electron chi connectivity index (χ0n) is 12.6. The van der Waals surface area contributed by atoms with Gasteiger partial charge >= 0.3 is 0 Å². The first-order valence-electron chi connectivity index (χ1n) is 7.31. The number of aromatic amines is 1. The maximum atomic E-state index is 9.41. The van der Waals surface area contributed by atoms with Crippen LogP contribution >= 0.6 is 0 Å². The molecule has 1 aromatic carbocycles. The van der Waals surface area contributed by atoms with Crippen LogP contribution in [-0.4, -0.2) is 25.3 Å². The molecular formula is C17H14N6O. The second kappa shape index (κ2) is 5.54. The fraction of sp³-hybridized carbons (Fsp3) is 0. The fourth-order valence-corrected chi connectivity index (χ4v) is 2.63. The highest BCUT2D eigenvalue weighted by Gasteiger charge is 2.14. The molecule has 0 bridgehead atoms. The third-order valence-corrected chi connectivity index (χ3v) is 3.76. The number of hydrogen-bond donors (Lipinski definition) is 4. The number of hydrogen-bond acceptors (Lipinski definition) is 6. The Labute approximate surface area is 137 Å². The Morgan fingerprint density at radius 3 is 2.67 bits per heavy atom. The van der Waals surface area contributed by atoms with Crippen molar-refractivity contribution < 1.29 is 5.11 Å².